The van der Waals surface area contributed by atoms with Gasteiger partial charge in [-0.25, -0.2) is 0 Å². The van der Waals surface area contributed by atoms with Gasteiger partial charge in [0.15, 0.2) is 0 Å². The average molecular weight is 441 g/mol. The molecule has 0 spiro atoms. The van der Waals surface area contributed by atoms with Crippen molar-refractivity contribution in [3.8, 4) is 0 Å². The van der Waals surface area contributed by atoms with Crippen LogP contribution in [0.4, 0.5) is 0 Å². The summed E-state index contributed by atoms with van der Waals surface area (Å²) in [6.07, 6.45) is 15.8. The van der Waals surface area contributed by atoms with Gasteiger partial charge < -0.3 is 0 Å². The maximum atomic E-state index is 5.24. The lowest BCUT2D eigenvalue weighted by Gasteiger charge is -2.57. The maximum absolute atomic E-state index is 5.24. The third-order valence-corrected chi connectivity index (χ3v) is 11.9. The van der Waals surface area contributed by atoms with Gasteiger partial charge in [-0.15, -0.1) is 0 Å². The fraction of sp³-hybridized carbons (Fsp3) is 0.933. The average Bonchev–Trinajstić information content (AvgIpc) is 2.72. The molecule has 0 aromatic carbocycles. The lowest BCUT2D eigenvalue weighted by molar-refractivity contribution is 0.00945. The Labute approximate surface area is 199 Å². The Kier molecular flexibility index (Phi) is 6.52. The van der Waals surface area contributed by atoms with Crippen LogP contribution in [0.15, 0.2) is 10.2 Å². The molecule has 0 N–H and O–H groups in total. The smallest absolute Gasteiger partial charge is 0.0470 e. The van der Waals surface area contributed by atoms with Crippen molar-refractivity contribution >= 4 is 11.4 Å². The molecule has 4 saturated carbocycles. The van der Waals surface area contributed by atoms with Crippen LogP contribution < -0.4 is 0 Å². The number of hydrogen-bond donors (Lipinski definition) is 0. The highest BCUT2D eigenvalue weighted by Gasteiger charge is 2.55. The van der Waals surface area contributed by atoms with Crippen LogP contribution in [0.25, 0.3) is 0 Å². The zero-order valence-corrected chi connectivity index (χ0v) is 22.7. The van der Waals surface area contributed by atoms with E-state index >= 15 is 0 Å². The van der Waals surface area contributed by atoms with Crippen LogP contribution in [0.2, 0.25) is 0 Å². The normalized spacial score (nSPS) is 47.7. The molecule has 0 amide bonds. The summed E-state index contributed by atoms with van der Waals surface area (Å²) in [5, 5.41) is 10.5. The van der Waals surface area contributed by atoms with Gasteiger partial charge in [-0.3, -0.25) is 0 Å². The fourth-order valence-corrected chi connectivity index (χ4v) is 8.46. The minimum absolute atomic E-state index is 0.231. The molecule has 0 saturated heterocycles. The molecule has 0 aromatic rings. The zero-order valence-electron chi connectivity index (χ0n) is 22.7. The van der Waals surface area contributed by atoms with Crippen molar-refractivity contribution in [2.24, 2.45) is 55.5 Å². The van der Waals surface area contributed by atoms with Crippen molar-refractivity contribution in [2.75, 3.05) is 0 Å². The van der Waals surface area contributed by atoms with Gasteiger partial charge in [-0.1, -0.05) is 55.4 Å². The van der Waals surface area contributed by atoms with Gasteiger partial charge >= 0.3 is 0 Å². The van der Waals surface area contributed by atoms with E-state index < -0.39 is 0 Å². The van der Waals surface area contributed by atoms with Crippen LogP contribution >= 0.6 is 0 Å². The van der Waals surface area contributed by atoms with E-state index in [1.165, 1.54) is 75.6 Å². The molecule has 0 bridgehead atoms. The summed E-state index contributed by atoms with van der Waals surface area (Å²) in [5.41, 5.74) is 4.16. The Balaban J connectivity index is 1.68. The Morgan fingerprint density at radius 3 is 1.34 bits per heavy atom. The van der Waals surface area contributed by atoms with E-state index in [2.05, 4.69) is 55.4 Å². The van der Waals surface area contributed by atoms with Crippen molar-refractivity contribution in [3.05, 3.63) is 0 Å². The molecule has 4 aliphatic rings. The molecule has 4 aliphatic carbocycles. The zero-order chi connectivity index (χ0) is 23.4. The summed E-state index contributed by atoms with van der Waals surface area (Å²) in [5.74, 6) is 3.23. The summed E-state index contributed by atoms with van der Waals surface area (Å²) in [6.45, 7) is 20.0. The molecule has 32 heavy (non-hydrogen) atoms. The molecule has 2 heteroatoms. The topological polar surface area (TPSA) is 24.7 Å². The third-order valence-electron chi connectivity index (χ3n) is 11.9. The molecule has 0 aliphatic heterocycles. The molecule has 2 nitrogen and oxygen atoms in total. The highest BCUT2D eigenvalue weighted by molar-refractivity contribution is 5.95. The van der Waals surface area contributed by atoms with E-state index in [1.54, 1.807) is 0 Å². The van der Waals surface area contributed by atoms with Crippen LogP contribution in [-0.2, 0) is 0 Å². The van der Waals surface area contributed by atoms with E-state index in [1.807, 2.05) is 0 Å². The van der Waals surface area contributed by atoms with Crippen LogP contribution in [-0.4, -0.2) is 11.4 Å². The van der Waals surface area contributed by atoms with E-state index in [4.69, 9.17) is 10.2 Å². The lowest BCUT2D eigenvalue weighted by Crippen LogP contribution is -2.52. The molecule has 4 rings (SSSR count). The first-order valence-electron chi connectivity index (χ1n) is 14.1. The third kappa shape index (κ3) is 3.84. The molecule has 4 fully saturated rings. The van der Waals surface area contributed by atoms with Crippen LogP contribution in [0.3, 0.4) is 0 Å². The van der Waals surface area contributed by atoms with E-state index in [-0.39, 0.29) is 10.8 Å². The van der Waals surface area contributed by atoms with Crippen molar-refractivity contribution in [1.82, 2.24) is 0 Å². The fourth-order valence-electron chi connectivity index (χ4n) is 8.46. The van der Waals surface area contributed by atoms with Gasteiger partial charge in [0, 0.05) is 22.3 Å². The lowest BCUT2D eigenvalue weighted by atomic mass is 9.48. The minimum Gasteiger partial charge on any atom is -0.160 e. The summed E-state index contributed by atoms with van der Waals surface area (Å²) in [7, 11) is 0. The molecular formula is C30H52N2. The Morgan fingerprint density at radius 1 is 0.625 bits per heavy atom. The van der Waals surface area contributed by atoms with Crippen LogP contribution in [0, 0.1) is 45.3 Å². The van der Waals surface area contributed by atoms with E-state index in [0.717, 1.165) is 36.5 Å². The first kappa shape index (κ1) is 24.5. The molecule has 6 atom stereocenters. The van der Waals surface area contributed by atoms with Crippen LogP contribution in [0.5, 0.6) is 0 Å². The second kappa shape index (κ2) is 8.53. The molecule has 182 valence electrons. The van der Waals surface area contributed by atoms with Gasteiger partial charge in [0.1, 0.15) is 0 Å². The predicted molar refractivity (Wildman–Crippen MR) is 139 cm³/mol. The number of hydrogen-bond acceptors (Lipinski definition) is 2. The molecular weight excluding hydrogens is 388 g/mol. The number of nitrogens with zero attached hydrogens (tertiary/aromatic N) is 2. The largest absolute Gasteiger partial charge is 0.160 e. The Hall–Kier alpha value is -0.660. The highest BCUT2D eigenvalue weighted by Crippen LogP contribution is 2.61. The monoisotopic (exact) mass is 440 g/mol. The van der Waals surface area contributed by atoms with E-state index in [9.17, 15) is 0 Å². The summed E-state index contributed by atoms with van der Waals surface area (Å²) < 4.78 is 0. The SMILES string of the molecule is CC(C)[C@@H]1CC[C@@]2(C)CCCC(=NN=C3CCC[C@@]4(C)CC[C@H](C(C)C)C[C@@]34C)[C@@]2(C)C1. The maximum Gasteiger partial charge on any atom is 0.0470 e. The standard InChI is InChI=1S/C30H52N2/c1-21(2)23-13-17-27(5)15-9-11-25(29(27,7)19-23)31-32-26-12-10-16-28(6)18-14-24(22(3)4)20-30(26,28)8/h21-24H,9-20H2,1-8H3/t23-,24+,27-,28+,29-,30+. The Morgan fingerprint density at radius 2 is 1.00 bits per heavy atom. The summed E-state index contributed by atoms with van der Waals surface area (Å²) >= 11 is 0. The molecule has 0 aromatic heterocycles. The first-order valence-corrected chi connectivity index (χ1v) is 14.1. The molecule has 0 heterocycles. The summed E-state index contributed by atoms with van der Waals surface area (Å²) in [4.78, 5) is 0. The second-order valence-electron chi connectivity index (χ2n) is 14.1. The van der Waals surface area contributed by atoms with Gasteiger partial charge in [-0.2, -0.15) is 10.2 Å². The number of rotatable bonds is 3. The van der Waals surface area contributed by atoms with Crippen LogP contribution in [0.1, 0.15) is 132 Å². The first-order chi connectivity index (χ1) is 14.9. The van der Waals surface area contributed by atoms with Crippen molar-refractivity contribution in [3.63, 3.8) is 0 Å². The van der Waals surface area contributed by atoms with Crippen molar-refractivity contribution < 1.29 is 0 Å². The van der Waals surface area contributed by atoms with Gasteiger partial charge in [-0.05, 0) is 112 Å². The van der Waals surface area contributed by atoms with Gasteiger partial charge in [0.25, 0.3) is 0 Å². The van der Waals surface area contributed by atoms with E-state index in [0.29, 0.717) is 10.8 Å². The number of fused-ring (bicyclic) bond motifs is 2. The van der Waals surface area contributed by atoms with Crippen molar-refractivity contribution in [2.45, 2.75) is 132 Å². The highest BCUT2D eigenvalue weighted by atomic mass is 15.2. The van der Waals surface area contributed by atoms with Gasteiger partial charge in [0.2, 0.25) is 0 Å². The predicted octanol–water partition coefficient (Wildman–Crippen LogP) is 9.09. The second-order valence-corrected chi connectivity index (χ2v) is 14.1. The molecule has 0 radical (unpaired) electrons. The molecule has 0 unspecified atom stereocenters. The summed E-state index contributed by atoms with van der Waals surface area (Å²) in [6, 6.07) is 0. The Bertz CT molecular complexity index is 699. The van der Waals surface area contributed by atoms with Gasteiger partial charge in [0.05, 0.1) is 0 Å². The quantitative estimate of drug-likeness (QED) is 0.391. The van der Waals surface area contributed by atoms with Crippen molar-refractivity contribution in [1.29, 1.82) is 0 Å². The minimum atomic E-state index is 0.231.